The first-order chi connectivity index (χ1) is 11.4. The zero-order valence-corrected chi connectivity index (χ0v) is 12.9. The minimum absolute atomic E-state index is 0.110. The molecule has 0 fully saturated rings. The van der Waals surface area contributed by atoms with Crippen LogP contribution in [0, 0.1) is 0 Å². The summed E-state index contributed by atoms with van der Waals surface area (Å²) >= 11 is 0. The maximum atomic E-state index is 12.9. The number of anilines is 1. The molecule has 0 aliphatic heterocycles. The number of carbonyl (C=O) groups is 1. The van der Waals surface area contributed by atoms with Crippen molar-refractivity contribution in [2.75, 3.05) is 11.9 Å². The number of para-hydroxylation sites is 1. The van der Waals surface area contributed by atoms with E-state index in [2.05, 4.69) is 5.32 Å². The fourth-order valence-electron chi connectivity index (χ4n) is 2.04. The summed E-state index contributed by atoms with van der Waals surface area (Å²) in [6.07, 6.45) is -2.08. The van der Waals surface area contributed by atoms with Crippen LogP contribution in [0.3, 0.4) is 0 Å². The van der Waals surface area contributed by atoms with Gasteiger partial charge in [-0.3, -0.25) is 4.79 Å². The zero-order chi connectivity index (χ0) is 17.6. The van der Waals surface area contributed by atoms with Crippen molar-refractivity contribution < 1.29 is 22.7 Å². The van der Waals surface area contributed by atoms with Gasteiger partial charge in [0.2, 0.25) is 0 Å². The SMILES string of the molecule is CCOc1ccc(C(=O)C=CNc2ccccc2C(F)(F)F)cc1. The average Bonchev–Trinajstić information content (AvgIpc) is 2.55. The number of halogens is 3. The van der Waals surface area contributed by atoms with Crippen LogP contribution in [0.4, 0.5) is 18.9 Å². The molecule has 0 heterocycles. The van der Waals surface area contributed by atoms with Gasteiger partial charge in [-0.2, -0.15) is 13.2 Å². The van der Waals surface area contributed by atoms with Crippen LogP contribution in [0.1, 0.15) is 22.8 Å². The zero-order valence-electron chi connectivity index (χ0n) is 12.9. The number of benzene rings is 2. The number of allylic oxidation sites excluding steroid dienone is 1. The molecule has 2 aromatic rings. The molecule has 24 heavy (non-hydrogen) atoms. The molecule has 0 atom stereocenters. The van der Waals surface area contributed by atoms with Crippen LogP contribution in [-0.2, 0) is 6.18 Å². The molecule has 0 bridgehead atoms. The third-order valence-corrected chi connectivity index (χ3v) is 3.16. The Labute approximate surface area is 137 Å². The number of hydrogen-bond donors (Lipinski definition) is 1. The molecule has 0 unspecified atom stereocenters. The van der Waals surface area contributed by atoms with E-state index >= 15 is 0 Å². The molecule has 3 nitrogen and oxygen atoms in total. The number of ether oxygens (including phenoxy) is 1. The number of carbonyl (C=O) groups excluding carboxylic acids is 1. The molecule has 0 amide bonds. The molecule has 2 rings (SSSR count). The number of rotatable bonds is 6. The van der Waals surface area contributed by atoms with E-state index < -0.39 is 11.7 Å². The largest absolute Gasteiger partial charge is 0.494 e. The molecule has 0 radical (unpaired) electrons. The molecule has 2 aromatic carbocycles. The molecule has 0 saturated heterocycles. The lowest BCUT2D eigenvalue weighted by Gasteiger charge is -2.11. The molecular weight excluding hydrogens is 319 g/mol. The Hall–Kier alpha value is -2.76. The van der Waals surface area contributed by atoms with Crippen molar-refractivity contribution in [2.45, 2.75) is 13.1 Å². The molecule has 0 aliphatic rings. The quantitative estimate of drug-likeness (QED) is 0.602. The molecule has 1 N–H and O–H groups in total. The smallest absolute Gasteiger partial charge is 0.418 e. The summed E-state index contributed by atoms with van der Waals surface area (Å²) in [6, 6.07) is 11.6. The molecule has 0 spiro atoms. The summed E-state index contributed by atoms with van der Waals surface area (Å²) in [5.74, 6) is 0.324. The molecule has 0 aliphatic carbocycles. The number of ketones is 1. The van der Waals surface area contributed by atoms with Crippen LogP contribution in [0.25, 0.3) is 0 Å². The Morgan fingerprint density at radius 1 is 1.12 bits per heavy atom. The summed E-state index contributed by atoms with van der Waals surface area (Å²) in [7, 11) is 0. The minimum atomic E-state index is -4.46. The molecule has 0 aromatic heterocycles. The highest BCUT2D eigenvalue weighted by atomic mass is 19.4. The van der Waals surface area contributed by atoms with Crippen molar-refractivity contribution in [3.63, 3.8) is 0 Å². The maximum Gasteiger partial charge on any atom is 0.418 e. The van der Waals surface area contributed by atoms with Crippen LogP contribution in [0.2, 0.25) is 0 Å². The van der Waals surface area contributed by atoms with E-state index in [0.717, 1.165) is 6.07 Å². The molecular formula is C18H16F3NO2. The van der Waals surface area contributed by atoms with Crippen LogP contribution >= 0.6 is 0 Å². The highest BCUT2D eigenvalue weighted by Crippen LogP contribution is 2.34. The van der Waals surface area contributed by atoms with Crippen molar-refractivity contribution >= 4 is 11.5 Å². The van der Waals surface area contributed by atoms with Gasteiger partial charge in [0, 0.05) is 17.8 Å². The van der Waals surface area contributed by atoms with E-state index in [1.165, 1.54) is 30.5 Å². The van der Waals surface area contributed by atoms with Crippen LogP contribution in [0.5, 0.6) is 5.75 Å². The summed E-state index contributed by atoms with van der Waals surface area (Å²) in [6.45, 7) is 2.38. The normalized spacial score (nSPS) is 11.5. The predicted molar refractivity (Wildman–Crippen MR) is 86.1 cm³/mol. The fraction of sp³-hybridized carbons (Fsp3) is 0.167. The Balaban J connectivity index is 2.05. The van der Waals surface area contributed by atoms with Crippen LogP contribution in [-0.4, -0.2) is 12.4 Å². The van der Waals surface area contributed by atoms with Gasteiger partial charge in [-0.15, -0.1) is 0 Å². The lowest BCUT2D eigenvalue weighted by molar-refractivity contribution is -0.136. The van der Waals surface area contributed by atoms with Gasteiger partial charge in [0.05, 0.1) is 17.9 Å². The molecule has 6 heteroatoms. The Kier molecular flexibility index (Phi) is 5.63. The van der Waals surface area contributed by atoms with Gasteiger partial charge in [0.15, 0.2) is 5.78 Å². The average molecular weight is 335 g/mol. The van der Waals surface area contributed by atoms with Gasteiger partial charge in [-0.1, -0.05) is 12.1 Å². The lowest BCUT2D eigenvalue weighted by atomic mass is 10.1. The van der Waals surface area contributed by atoms with Crippen molar-refractivity contribution in [3.8, 4) is 5.75 Å². The van der Waals surface area contributed by atoms with Gasteiger partial charge in [0.25, 0.3) is 0 Å². The summed E-state index contributed by atoms with van der Waals surface area (Å²) < 4.78 is 43.8. The Bertz CT molecular complexity index is 722. The van der Waals surface area contributed by atoms with Crippen LogP contribution < -0.4 is 10.1 Å². The Morgan fingerprint density at radius 3 is 2.42 bits per heavy atom. The van der Waals surface area contributed by atoms with Gasteiger partial charge in [0.1, 0.15) is 5.75 Å². The van der Waals surface area contributed by atoms with Gasteiger partial charge in [-0.05, 0) is 43.3 Å². The van der Waals surface area contributed by atoms with E-state index in [4.69, 9.17) is 4.74 Å². The first kappa shape index (κ1) is 17.6. The summed E-state index contributed by atoms with van der Waals surface area (Å²) in [5.41, 5.74) is -0.482. The molecule has 126 valence electrons. The number of alkyl halides is 3. The first-order valence-electron chi connectivity index (χ1n) is 7.28. The highest BCUT2D eigenvalue weighted by Gasteiger charge is 2.32. The predicted octanol–water partition coefficient (Wildman–Crippen LogP) is 4.91. The number of hydrogen-bond acceptors (Lipinski definition) is 3. The van der Waals surface area contributed by atoms with Crippen molar-refractivity contribution in [3.05, 3.63) is 71.9 Å². The van der Waals surface area contributed by atoms with Crippen molar-refractivity contribution in [1.82, 2.24) is 0 Å². The minimum Gasteiger partial charge on any atom is -0.494 e. The second kappa shape index (κ2) is 7.68. The van der Waals surface area contributed by atoms with E-state index in [1.807, 2.05) is 6.92 Å². The van der Waals surface area contributed by atoms with E-state index in [9.17, 15) is 18.0 Å². The third-order valence-electron chi connectivity index (χ3n) is 3.16. The second-order valence-electron chi connectivity index (χ2n) is 4.84. The third kappa shape index (κ3) is 4.62. The van der Waals surface area contributed by atoms with E-state index in [-0.39, 0.29) is 11.5 Å². The topological polar surface area (TPSA) is 38.3 Å². The second-order valence-corrected chi connectivity index (χ2v) is 4.84. The van der Waals surface area contributed by atoms with E-state index in [1.54, 1.807) is 24.3 Å². The summed E-state index contributed by atoms with van der Waals surface area (Å²) in [4.78, 5) is 12.0. The molecule has 0 saturated carbocycles. The van der Waals surface area contributed by atoms with Gasteiger partial charge in [-0.25, -0.2) is 0 Å². The maximum absolute atomic E-state index is 12.9. The van der Waals surface area contributed by atoms with Gasteiger partial charge < -0.3 is 10.1 Å². The van der Waals surface area contributed by atoms with Crippen LogP contribution in [0.15, 0.2) is 60.8 Å². The monoisotopic (exact) mass is 335 g/mol. The lowest BCUT2D eigenvalue weighted by Crippen LogP contribution is -2.08. The van der Waals surface area contributed by atoms with Crippen molar-refractivity contribution in [1.29, 1.82) is 0 Å². The number of nitrogens with one attached hydrogen (secondary N) is 1. The van der Waals surface area contributed by atoms with E-state index in [0.29, 0.717) is 17.9 Å². The standard InChI is InChI=1S/C18H16F3NO2/c1-2-24-14-9-7-13(8-10-14)17(23)11-12-22-16-6-4-3-5-15(16)18(19,20)21/h3-12,22H,2H2,1H3. The Morgan fingerprint density at radius 2 is 1.79 bits per heavy atom. The summed E-state index contributed by atoms with van der Waals surface area (Å²) in [5, 5.41) is 2.51. The highest BCUT2D eigenvalue weighted by molar-refractivity contribution is 6.04. The fourth-order valence-corrected chi connectivity index (χ4v) is 2.04. The van der Waals surface area contributed by atoms with Gasteiger partial charge >= 0.3 is 6.18 Å². The van der Waals surface area contributed by atoms with Crippen molar-refractivity contribution in [2.24, 2.45) is 0 Å². The first-order valence-corrected chi connectivity index (χ1v) is 7.28.